The Morgan fingerprint density at radius 3 is 1.95 bits per heavy atom. The molecule has 2 aromatic rings. The summed E-state index contributed by atoms with van der Waals surface area (Å²) in [5.41, 5.74) is 2.76. The first-order valence-electron chi connectivity index (χ1n) is 7.78. The second-order valence-electron chi connectivity index (χ2n) is 5.80. The first kappa shape index (κ1) is 14.0. The van der Waals surface area contributed by atoms with E-state index < -0.39 is 0 Å². The highest BCUT2D eigenvalue weighted by atomic mass is 16.5. The van der Waals surface area contributed by atoms with Crippen LogP contribution in [0, 0.1) is 0 Å². The molecule has 2 heteroatoms. The fraction of sp³-hybridized carbons (Fsp3) is 0.368. The highest BCUT2D eigenvalue weighted by Crippen LogP contribution is 2.43. The molecule has 0 bridgehead atoms. The van der Waals surface area contributed by atoms with Gasteiger partial charge in [-0.25, -0.2) is 0 Å². The van der Waals surface area contributed by atoms with Gasteiger partial charge in [0, 0.05) is 0 Å². The molecule has 1 aliphatic rings. The fourth-order valence-electron chi connectivity index (χ4n) is 3.34. The molecule has 0 amide bonds. The zero-order valence-electron chi connectivity index (χ0n) is 12.5. The number of rotatable bonds is 4. The largest absolute Gasteiger partial charge is 0.508 e. The molecule has 1 aliphatic carbocycles. The minimum absolute atomic E-state index is 0.347. The van der Waals surface area contributed by atoms with E-state index in [1.54, 1.807) is 12.1 Å². The van der Waals surface area contributed by atoms with Gasteiger partial charge in [0.25, 0.3) is 0 Å². The molecular weight excluding hydrogens is 260 g/mol. The summed E-state index contributed by atoms with van der Waals surface area (Å²) in [5.74, 6) is 2.55. The Balaban J connectivity index is 1.67. The van der Waals surface area contributed by atoms with Crippen molar-refractivity contribution in [3.63, 3.8) is 0 Å². The minimum Gasteiger partial charge on any atom is -0.508 e. The van der Waals surface area contributed by atoms with Crippen molar-refractivity contribution in [3.05, 3.63) is 59.7 Å². The molecule has 1 fully saturated rings. The van der Waals surface area contributed by atoms with Gasteiger partial charge in [-0.05, 0) is 73.4 Å². The molecule has 110 valence electrons. The van der Waals surface area contributed by atoms with Crippen molar-refractivity contribution in [1.29, 1.82) is 0 Å². The van der Waals surface area contributed by atoms with Gasteiger partial charge in [-0.3, -0.25) is 0 Å². The van der Waals surface area contributed by atoms with E-state index in [2.05, 4.69) is 36.4 Å². The Bertz CT molecular complexity index is 572. The maximum absolute atomic E-state index is 9.39. The van der Waals surface area contributed by atoms with E-state index in [9.17, 15) is 5.11 Å². The van der Waals surface area contributed by atoms with Gasteiger partial charge in [-0.1, -0.05) is 24.3 Å². The maximum atomic E-state index is 9.39. The molecule has 0 unspecified atom stereocenters. The molecule has 1 N–H and O–H groups in total. The van der Waals surface area contributed by atoms with Gasteiger partial charge in [0.1, 0.15) is 11.5 Å². The third kappa shape index (κ3) is 3.21. The Labute approximate surface area is 126 Å². The van der Waals surface area contributed by atoms with Gasteiger partial charge >= 0.3 is 0 Å². The molecular formula is C19H22O2. The highest BCUT2D eigenvalue weighted by molar-refractivity contribution is 5.33. The van der Waals surface area contributed by atoms with Crippen LogP contribution in [0.2, 0.25) is 0 Å². The lowest BCUT2D eigenvalue weighted by Gasteiger charge is -2.13. The van der Waals surface area contributed by atoms with E-state index >= 15 is 0 Å². The predicted octanol–water partition coefficient (Wildman–Crippen LogP) is 4.84. The third-order valence-corrected chi connectivity index (χ3v) is 4.46. The molecule has 3 rings (SSSR count). The molecule has 0 saturated heterocycles. The average molecular weight is 282 g/mol. The molecule has 2 aromatic carbocycles. The molecule has 21 heavy (non-hydrogen) atoms. The van der Waals surface area contributed by atoms with Crippen LogP contribution >= 0.6 is 0 Å². The van der Waals surface area contributed by atoms with Gasteiger partial charge in [0.2, 0.25) is 0 Å². The summed E-state index contributed by atoms with van der Waals surface area (Å²) in [5, 5.41) is 9.39. The zero-order valence-corrected chi connectivity index (χ0v) is 12.5. The number of hydrogen-bond acceptors (Lipinski definition) is 2. The van der Waals surface area contributed by atoms with Crippen molar-refractivity contribution in [2.45, 2.75) is 38.0 Å². The normalized spacial score (nSPS) is 21.4. The van der Waals surface area contributed by atoms with E-state index in [0.29, 0.717) is 24.2 Å². The van der Waals surface area contributed by atoms with Crippen molar-refractivity contribution in [3.8, 4) is 11.5 Å². The summed E-state index contributed by atoms with van der Waals surface area (Å²) in [7, 11) is 0. The standard InChI is InChI=1S/C19H22O2/c1-2-21-19-11-7-15(8-12-19)17-4-3-16(13-17)14-5-9-18(20)10-6-14/h5-12,16-17,20H,2-4,13H2,1H3/t16-,17-/m1/s1. The van der Waals surface area contributed by atoms with Crippen LogP contribution in [0.5, 0.6) is 11.5 Å². The summed E-state index contributed by atoms with van der Waals surface area (Å²) in [4.78, 5) is 0. The van der Waals surface area contributed by atoms with Crippen molar-refractivity contribution in [1.82, 2.24) is 0 Å². The lowest BCUT2D eigenvalue weighted by Crippen LogP contribution is -1.96. The molecule has 0 radical (unpaired) electrons. The summed E-state index contributed by atoms with van der Waals surface area (Å²) in [6, 6.07) is 16.3. The quantitative estimate of drug-likeness (QED) is 0.869. The molecule has 2 nitrogen and oxygen atoms in total. The molecule has 0 aliphatic heterocycles. The molecule has 2 atom stereocenters. The molecule has 0 heterocycles. The van der Waals surface area contributed by atoms with E-state index in [4.69, 9.17) is 4.74 Å². The van der Waals surface area contributed by atoms with Crippen LogP contribution in [-0.4, -0.2) is 11.7 Å². The molecule has 0 aromatic heterocycles. The van der Waals surface area contributed by atoms with E-state index in [-0.39, 0.29) is 0 Å². The van der Waals surface area contributed by atoms with Crippen LogP contribution < -0.4 is 4.74 Å². The Hall–Kier alpha value is -1.96. The van der Waals surface area contributed by atoms with E-state index in [1.807, 2.05) is 6.92 Å². The Morgan fingerprint density at radius 1 is 0.905 bits per heavy atom. The number of hydrogen-bond donors (Lipinski definition) is 1. The highest BCUT2D eigenvalue weighted by Gasteiger charge is 2.26. The molecule has 1 saturated carbocycles. The van der Waals surface area contributed by atoms with E-state index in [0.717, 1.165) is 5.75 Å². The SMILES string of the molecule is CCOc1ccc([C@@H]2CC[C@@H](c3ccc(O)cc3)C2)cc1. The number of aromatic hydroxyl groups is 1. The van der Waals surface area contributed by atoms with Crippen molar-refractivity contribution in [2.75, 3.05) is 6.61 Å². The Morgan fingerprint density at radius 2 is 1.43 bits per heavy atom. The van der Waals surface area contributed by atoms with Crippen molar-refractivity contribution in [2.24, 2.45) is 0 Å². The fourth-order valence-corrected chi connectivity index (χ4v) is 3.34. The number of benzene rings is 2. The number of ether oxygens (including phenoxy) is 1. The smallest absolute Gasteiger partial charge is 0.119 e. The summed E-state index contributed by atoms with van der Waals surface area (Å²) < 4.78 is 5.50. The monoisotopic (exact) mass is 282 g/mol. The van der Waals surface area contributed by atoms with Gasteiger partial charge in [0.05, 0.1) is 6.61 Å². The first-order chi connectivity index (χ1) is 10.3. The summed E-state index contributed by atoms with van der Waals surface area (Å²) in [6.07, 6.45) is 3.65. The topological polar surface area (TPSA) is 29.5 Å². The second-order valence-corrected chi connectivity index (χ2v) is 5.80. The van der Waals surface area contributed by atoms with Gasteiger partial charge in [-0.2, -0.15) is 0 Å². The van der Waals surface area contributed by atoms with Gasteiger partial charge < -0.3 is 9.84 Å². The first-order valence-corrected chi connectivity index (χ1v) is 7.78. The minimum atomic E-state index is 0.347. The summed E-state index contributed by atoms with van der Waals surface area (Å²) in [6.45, 7) is 2.72. The molecule has 0 spiro atoms. The van der Waals surface area contributed by atoms with Gasteiger partial charge in [-0.15, -0.1) is 0 Å². The summed E-state index contributed by atoms with van der Waals surface area (Å²) >= 11 is 0. The van der Waals surface area contributed by atoms with Crippen LogP contribution in [0.3, 0.4) is 0 Å². The van der Waals surface area contributed by atoms with Crippen LogP contribution in [0.1, 0.15) is 49.1 Å². The van der Waals surface area contributed by atoms with Crippen molar-refractivity contribution < 1.29 is 9.84 Å². The van der Waals surface area contributed by atoms with Crippen LogP contribution in [-0.2, 0) is 0 Å². The predicted molar refractivity (Wildman–Crippen MR) is 85.1 cm³/mol. The van der Waals surface area contributed by atoms with Crippen LogP contribution in [0.25, 0.3) is 0 Å². The second kappa shape index (κ2) is 6.21. The number of phenols is 1. The van der Waals surface area contributed by atoms with Crippen molar-refractivity contribution >= 4 is 0 Å². The number of phenolic OH excluding ortho intramolecular Hbond substituents is 1. The maximum Gasteiger partial charge on any atom is 0.119 e. The van der Waals surface area contributed by atoms with Gasteiger partial charge in [0.15, 0.2) is 0 Å². The van der Waals surface area contributed by atoms with E-state index in [1.165, 1.54) is 30.4 Å². The lowest BCUT2D eigenvalue weighted by atomic mass is 9.93. The lowest BCUT2D eigenvalue weighted by molar-refractivity contribution is 0.340. The zero-order chi connectivity index (χ0) is 14.7. The van der Waals surface area contributed by atoms with Crippen LogP contribution in [0.15, 0.2) is 48.5 Å². The third-order valence-electron chi connectivity index (χ3n) is 4.46. The van der Waals surface area contributed by atoms with Crippen LogP contribution in [0.4, 0.5) is 0 Å². The Kier molecular flexibility index (Phi) is 4.14. The average Bonchev–Trinajstić information content (AvgIpc) is 2.99.